The topological polar surface area (TPSA) is 11.6 Å². The third kappa shape index (κ3) is 14.8. The smallest absolute Gasteiger partial charge is 0.178 e. The molecule has 3 heteroatoms. The SMILES string of the molecule is Cc1cc(C)c[n+](CCCCCCCCCCc2cc[n+](CCCCCCCCCC[n+]3ccccc3C)cc2)c1. The summed E-state index contributed by atoms with van der Waals surface area (Å²) >= 11 is 0. The molecule has 0 aliphatic carbocycles. The number of aromatic nitrogens is 3. The Morgan fingerprint density at radius 1 is 0.463 bits per heavy atom. The molecular weight excluding hydrogens is 498 g/mol. The van der Waals surface area contributed by atoms with Crippen LogP contribution >= 0.6 is 0 Å². The minimum atomic E-state index is 1.16. The quantitative estimate of drug-likeness (QED) is 0.0864. The van der Waals surface area contributed by atoms with Crippen LogP contribution < -0.4 is 13.7 Å². The average molecular weight is 559 g/mol. The molecule has 0 fully saturated rings. The predicted molar refractivity (Wildman–Crippen MR) is 172 cm³/mol. The number of hydrogen-bond donors (Lipinski definition) is 0. The number of rotatable bonds is 22. The van der Waals surface area contributed by atoms with Crippen molar-refractivity contribution in [3.63, 3.8) is 0 Å². The van der Waals surface area contributed by atoms with Crippen LogP contribution in [0.4, 0.5) is 0 Å². The first-order valence-corrected chi connectivity index (χ1v) is 17.0. The van der Waals surface area contributed by atoms with Crippen molar-refractivity contribution in [3.05, 3.63) is 89.8 Å². The van der Waals surface area contributed by atoms with Gasteiger partial charge in [0.05, 0.1) is 0 Å². The van der Waals surface area contributed by atoms with Gasteiger partial charge in [0.25, 0.3) is 0 Å². The Morgan fingerprint density at radius 2 is 0.951 bits per heavy atom. The van der Waals surface area contributed by atoms with Gasteiger partial charge in [0.1, 0.15) is 19.6 Å². The van der Waals surface area contributed by atoms with Gasteiger partial charge in [0.2, 0.25) is 0 Å². The molecule has 0 atom stereocenters. The van der Waals surface area contributed by atoms with Gasteiger partial charge in [-0.25, -0.2) is 13.7 Å². The Labute approximate surface area is 252 Å². The second-order valence-corrected chi connectivity index (χ2v) is 12.5. The second kappa shape index (κ2) is 20.3. The standard InChI is InChI=1S/C38H60N3/c1-35-32-36(2)34-40(33-35)27-19-14-10-5-4-8-12-16-23-38-24-30-39(31-25-38)26-18-13-9-6-7-11-15-20-28-41-29-21-17-22-37(41)3/h17,21-22,24-25,29-34H,4-16,18-20,23,26-28H2,1-3H3/q+3. The van der Waals surface area contributed by atoms with Gasteiger partial charge in [-0.2, -0.15) is 0 Å². The van der Waals surface area contributed by atoms with Gasteiger partial charge in [-0.1, -0.05) is 63.9 Å². The first-order valence-electron chi connectivity index (χ1n) is 17.0. The zero-order valence-corrected chi connectivity index (χ0v) is 26.8. The van der Waals surface area contributed by atoms with Crippen molar-refractivity contribution in [3.8, 4) is 0 Å². The Hall–Kier alpha value is -2.55. The summed E-state index contributed by atoms with van der Waals surface area (Å²) in [5.74, 6) is 0. The van der Waals surface area contributed by atoms with Crippen LogP contribution in [0, 0.1) is 20.8 Å². The number of hydrogen-bond acceptors (Lipinski definition) is 0. The Bertz CT molecular complexity index is 1070. The van der Waals surface area contributed by atoms with E-state index < -0.39 is 0 Å². The monoisotopic (exact) mass is 558 g/mol. The molecular formula is C38H60N3+3. The van der Waals surface area contributed by atoms with Gasteiger partial charge in [-0.15, -0.1) is 0 Å². The lowest BCUT2D eigenvalue weighted by molar-refractivity contribution is -0.703. The molecule has 0 aromatic carbocycles. The molecule has 0 unspecified atom stereocenters. The largest absolute Gasteiger partial charge is 0.205 e. The van der Waals surface area contributed by atoms with Crippen LogP contribution in [0.5, 0.6) is 0 Å². The molecule has 0 amide bonds. The summed E-state index contributed by atoms with van der Waals surface area (Å²) in [4.78, 5) is 0. The van der Waals surface area contributed by atoms with E-state index in [1.54, 1.807) is 0 Å². The maximum Gasteiger partial charge on any atom is 0.178 e. The zero-order chi connectivity index (χ0) is 29.0. The molecule has 0 N–H and O–H groups in total. The van der Waals surface area contributed by atoms with Crippen LogP contribution in [-0.4, -0.2) is 0 Å². The van der Waals surface area contributed by atoms with Gasteiger partial charge < -0.3 is 0 Å². The number of aryl methyl sites for hydroxylation is 7. The maximum absolute atomic E-state index is 2.38. The summed E-state index contributed by atoms with van der Waals surface area (Å²) in [5, 5.41) is 0. The highest BCUT2D eigenvalue weighted by Crippen LogP contribution is 2.12. The van der Waals surface area contributed by atoms with E-state index >= 15 is 0 Å². The van der Waals surface area contributed by atoms with Crippen molar-refractivity contribution < 1.29 is 13.7 Å². The summed E-state index contributed by atoms with van der Waals surface area (Å²) in [6.45, 7) is 10.1. The van der Waals surface area contributed by atoms with E-state index in [1.807, 2.05) is 0 Å². The minimum Gasteiger partial charge on any atom is -0.205 e. The molecule has 3 heterocycles. The van der Waals surface area contributed by atoms with Crippen molar-refractivity contribution in [2.24, 2.45) is 0 Å². The fraction of sp³-hybridized carbons (Fsp3) is 0.605. The van der Waals surface area contributed by atoms with Crippen LogP contribution in [0.1, 0.15) is 125 Å². The minimum absolute atomic E-state index is 1.16. The van der Waals surface area contributed by atoms with Gasteiger partial charge >= 0.3 is 0 Å². The van der Waals surface area contributed by atoms with E-state index in [0.29, 0.717) is 0 Å². The highest BCUT2D eigenvalue weighted by atomic mass is 14.9. The van der Waals surface area contributed by atoms with E-state index in [-0.39, 0.29) is 0 Å². The molecule has 0 radical (unpaired) electrons. The van der Waals surface area contributed by atoms with E-state index in [2.05, 4.69) is 102 Å². The highest BCUT2D eigenvalue weighted by Gasteiger charge is 2.05. The summed E-state index contributed by atoms with van der Waals surface area (Å²) < 4.78 is 7.13. The Kier molecular flexibility index (Phi) is 16.4. The lowest BCUT2D eigenvalue weighted by Crippen LogP contribution is -2.36. The molecule has 0 saturated heterocycles. The maximum atomic E-state index is 2.38. The predicted octanol–water partition coefficient (Wildman–Crippen LogP) is 8.66. The average Bonchev–Trinajstić information content (AvgIpc) is 2.96. The van der Waals surface area contributed by atoms with E-state index in [9.17, 15) is 0 Å². The third-order valence-electron chi connectivity index (χ3n) is 8.52. The first kappa shape index (κ1) is 33.0. The normalized spacial score (nSPS) is 11.3. The fourth-order valence-electron chi connectivity index (χ4n) is 6.06. The van der Waals surface area contributed by atoms with Crippen molar-refractivity contribution in [1.82, 2.24) is 0 Å². The molecule has 0 bridgehead atoms. The van der Waals surface area contributed by atoms with E-state index in [0.717, 1.165) is 19.6 Å². The zero-order valence-electron chi connectivity index (χ0n) is 26.8. The van der Waals surface area contributed by atoms with E-state index in [4.69, 9.17) is 0 Å². The van der Waals surface area contributed by atoms with Gasteiger partial charge in [-0.3, -0.25) is 0 Å². The van der Waals surface area contributed by atoms with Crippen LogP contribution in [0.25, 0.3) is 0 Å². The molecule has 41 heavy (non-hydrogen) atoms. The van der Waals surface area contributed by atoms with Gasteiger partial charge in [-0.05, 0) is 57.6 Å². The summed E-state index contributed by atoms with van der Waals surface area (Å²) in [6.07, 6.45) is 34.4. The molecule has 0 aliphatic heterocycles. The summed E-state index contributed by atoms with van der Waals surface area (Å²) in [5.41, 5.74) is 5.61. The van der Waals surface area contributed by atoms with E-state index in [1.165, 1.54) is 132 Å². The molecule has 0 saturated carbocycles. The molecule has 3 nitrogen and oxygen atoms in total. The number of pyridine rings is 3. The number of unbranched alkanes of at least 4 members (excludes halogenated alkanes) is 14. The summed E-state index contributed by atoms with van der Waals surface area (Å²) in [6, 6.07) is 13.4. The van der Waals surface area contributed by atoms with Crippen LogP contribution in [-0.2, 0) is 26.1 Å². The van der Waals surface area contributed by atoms with Crippen molar-refractivity contribution >= 4 is 0 Å². The molecule has 3 rings (SSSR count). The Morgan fingerprint density at radius 3 is 1.51 bits per heavy atom. The summed E-state index contributed by atoms with van der Waals surface area (Å²) in [7, 11) is 0. The molecule has 224 valence electrons. The van der Waals surface area contributed by atoms with Crippen molar-refractivity contribution in [2.75, 3.05) is 0 Å². The highest BCUT2D eigenvalue weighted by molar-refractivity contribution is 5.11. The first-order chi connectivity index (χ1) is 20.1. The van der Waals surface area contributed by atoms with Gasteiger partial charge in [0.15, 0.2) is 36.7 Å². The number of nitrogens with zero attached hydrogens (tertiary/aromatic N) is 3. The van der Waals surface area contributed by atoms with Crippen LogP contribution in [0.15, 0.2) is 67.4 Å². The van der Waals surface area contributed by atoms with Crippen molar-refractivity contribution in [2.45, 2.75) is 150 Å². The molecule has 0 spiro atoms. The third-order valence-corrected chi connectivity index (χ3v) is 8.52. The molecule has 0 aliphatic rings. The van der Waals surface area contributed by atoms with Crippen LogP contribution in [0.2, 0.25) is 0 Å². The lowest BCUT2D eigenvalue weighted by Gasteiger charge is -2.04. The second-order valence-electron chi connectivity index (χ2n) is 12.5. The van der Waals surface area contributed by atoms with Crippen molar-refractivity contribution in [1.29, 1.82) is 0 Å². The lowest BCUT2D eigenvalue weighted by atomic mass is 10.0. The Balaban J connectivity index is 1.09. The fourth-order valence-corrected chi connectivity index (χ4v) is 6.06. The van der Waals surface area contributed by atoms with Gasteiger partial charge in [0, 0.05) is 61.6 Å². The molecule has 3 aromatic rings. The van der Waals surface area contributed by atoms with Crippen LogP contribution in [0.3, 0.4) is 0 Å². The molecule has 3 aromatic heterocycles.